The predicted molar refractivity (Wildman–Crippen MR) is 134 cm³/mol. The van der Waals surface area contributed by atoms with Crippen LogP contribution in [0.2, 0.25) is 0 Å². The molecule has 8 heteroatoms. The minimum Gasteiger partial charge on any atom is -0.495 e. The van der Waals surface area contributed by atoms with Crippen molar-refractivity contribution >= 4 is 40.9 Å². The van der Waals surface area contributed by atoms with E-state index in [-0.39, 0.29) is 17.2 Å². The number of aryl methyl sites for hydroxylation is 2. The van der Waals surface area contributed by atoms with Crippen LogP contribution in [0, 0.1) is 13.8 Å². The van der Waals surface area contributed by atoms with Crippen molar-refractivity contribution in [2.45, 2.75) is 18.7 Å². The zero-order valence-electron chi connectivity index (χ0n) is 19.2. The molecule has 0 saturated carbocycles. The van der Waals surface area contributed by atoms with Crippen LogP contribution in [0.1, 0.15) is 21.5 Å². The van der Waals surface area contributed by atoms with Gasteiger partial charge in [0.2, 0.25) is 5.91 Å². The summed E-state index contributed by atoms with van der Waals surface area (Å²) in [5.74, 6) is -0.695. The molecule has 3 rings (SSSR count). The molecule has 176 valence electrons. The largest absolute Gasteiger partial charge is 0.495 e. The summed E-state index contributed by atoms with van der Waals surface area (Å²) in [7, 11) is 1.51. The number of nitrogens with one attached hydrogen (secondary N) is 2. The van der Waals surface area contributed by atoms with Crippen molar-refractivity contribution in [2.75, 3.05) is 30.1 Å². The van der Waals surface area contributed by atoms with Gasteiger partial charge in [-0.05, 0) is 55.8 Å². The highest BCUT2D eigenvalue weighted by Gasteiger charge is 2.16. The fraction of sp³-hybridized carbons (Fsp3) is 0.192. The standard InChI is InChI=1S/C26H26N2O5S/c1-17-8-11-19(12-9-17)27-25(30)16-34-23-7-5-4-6-20(23)26(31)33-15-24(29)28-21-14-18(2)10-13-22(21)32-3/h4-14H,15-16H2,1-3H3,(H,27,30)(H,28,29). The Morgan fingerprint density at radius 1 is 0.853 bits per heavy atom. The zero-order chi connectivity index (χ0) is 24.5. The summed E-state index contributed by atoms with van der Waals surface area (Å²) in [6.45, 7) is 3.41. The van der Waals surface area contributed by atoms with Crippen molar-refractivity contribution < 1.29 is 23.9 Å². The average molecular weight is 479 g/mol. The Kier molecular flexibility index (Phi) is 8.70. The Labute approximate surface area is 202 Å². The molecule has 0 saturated heterocycles. The van der Waals surface area contributed by atoms with Crippen LogP contribution in [0.25, 0.3) is 0 Å². The normalized spacial score (nSPS) is 10.3. The Morgan fingerprint density at radius 3 is 2.29 bits per heavy atom. The first kappa shape index (κ1) is 24.9. The first-order chi connectivity index (χ1) is 16.4. The second-order valence-electron chi connectivity index (χ2n) is 7.53. The number of hydrogen-bond acceptors (Lipinski definition) is 6. The maximum atomic E-state index is 12.6. The minimum atomic E-state index is -0.645. The molecule has 7 nitrogen and oxygen atoms in total. The van der Waals surface area contributed by atoms with E-state index in [1.165, 1.54) is 18.9 Å². The number of rotatable bonds is 9. The lowest BCUT2D eigenvalue weighted by molar-refractivity contribution is -0.119. The van der Waals surface area contributed by atoms with Crippen molar-refractivity contribution in [1.29, 1.82) is 0 Å². The number of ether oxygens (including phenoxy) is 2. The number of carbonyl (C=O) groups is 3. The van der Waals surface area contributed by atoms with Gasteiger partial charge >= 0.3 is 5.97 Å². The molecule has 3 aromatic rings. The van der Waals surface area contributed by atoms with E-state index in [1.54, 1.807) is 36.4 Å². The lowest BCUT2D eigenvalue weighted by atomic mass is 10.2. The Bertz CT molecular complexity index is 1180. The van der Waals surface area contributed by atoms with Gasteiger partial charge in [0, 0.05) is 10.6 Å². The SMILES string of the molecule is COc1ccc(C)cc1NC(=O)COC(=O)c1ccccc1SCC(=O)Nc1ccc(C)cc1. The van der Waals surface area contributed by atoms with Gasteiger partial charge in [0.05, 0.1) is 24.1 Å². The fourth-order valence-corrected chi connectivity index (χ4v) is 3.89. The molecule has 0 aromatic heterocycles. The number of esters is 1. The molecule has 0 fully saturated rings. The summed E-state index contributed by atoms with van der Waals surface area (Å²) < 4.78 is 10.5. The Balaban J connectivity index is 1.55. The van der Waals surface area contributed by atoms with Crippen molar-refractivity contribution in [3.63, 3.8) is 0 Å². The molecule has 2 amide bonds. The number of hydrogen-bond donors (Lipinski definition) is 2. The van der Waals surface area contributed by atoms with E-state index in [0.29, 0.717) is 22.0 Å². The highest BCUT2D eigenvalue weighted by atomic mass is 32.2. The summed E-state index contributed by atoms with van der Waals surface area (Å²) in [5.41, 5.74) is 3.55. The molecule has 0 aliphatic rings. The van der Waals surface area contributed by atoms with Gasteiger partial charge in [-0.2, -0.15) is 0 Å². The summed E-state index contributed by atoms with van der Waals surface area (Å²) >= 11 is 1.22. The molecule has 0 bridgehead atoms. The number of anilines is 2. The number of methoxy groups -OCH3 is 1. The van der Waals surface area contributed by atoms with Gasteiger partial charge in [-0.15, -0.1) is 11.8 Å². The van der Waals surface area contributed by atoms with Crippen LogP contribution in [-0.4, -0.2) is 37.3 Å². The molecule has 0 spiro atoms. The van der Waals surface area contributed by atoms with Crippen molar-refractivity contribution in [1.82, 2.24) is 0 Å². The lowest BCUT2D eigenvalue weighted by Crippen LogP contribution is -2.21. The number of carbonyl (C=O) groups excluding carboxylic acids is 3. The van der Waals surface area contributed by atoms with Crippen LogP contribution in [0.3, 0.4) is 0 Å². The van der Waals surface area contributed by atoms with E-state index in [4.69, 9.17) is 9.47 Å². The summed E-state index contributed by atoms with van der Waals surface area (Å²) in [5, 5.41) is 5.52. The fourth-order valence-electron chi connectivity index (χ4n) is 3.05. The second-order valence-corrected chi connectivity index (χ2v) is 8.54. The Hall–Kier alpha value is -3.78. The van der Waals surface area contributed by atoms with Crippen LogP contribution >= 0.6 is 11.8 Å². The van der Waals surface area contributed by atoms with Gasteiger partial charge in [0.15, 0.2) is 6.61 Å². The van der Waals surface area contributed by atoms with Crippen LogP contribution in [-0.2, 0) is 14.3 Å². The molecule has 34 heavy (non-hydrogen) atoms. The molecule has 2 N–H and O–H groups in total. The van der Waals surface area contributed by atoms with Gasteiger partial charge < -0.3 is 20.1 Å². The summed E-state index contributed by atoms with van der Waals surface area (Å²) in [6, 6.07) is 19.7. The third-order valence-electron chi connectivity index (χ3n) is 4.76. The van der Waals surface area contributed by atoms with Crippen LogP contribution in [0.4, 0.5) is 11.4 Å². The van der Waals surface area contributed by atoms with E-state index in [0.717, 1.165) is 11.1 Å². The average Bonchev–Trinajstić information content (AvgIpc) is 2.83. The van der Waals surface area contributed by atoms with E-state index in [9.17, 15) is 14.4 Å². The van der Waals surface area contributed by atoms with Gasteiger partial charge in [-0.1, -0.05) is 35.9 Å². The zero-order valence-corrected chi connectivity index (χ0v) is 20.0. The van der Waals surface area contributed by atoms with Crippen molar-refractivity contribution in [3.05, 3.63) is 83.4 Å². The lowest BCUT2D eigenvalue weighted by Gasteiger charge is -2.12. The summed E-state index contributed by atoms with van der Waals surface area (Å²) in [6.07, 6.45) is 0. The van der Waals surface area contributed by atoms with Crippen LogP contribution in [0.15, 0.2) is 71.6 Å². The highest BCUT2D eigenvalue weighted by molar-refractivity contribution is 8.00. The first-order valence-corrected chi connectivity index (χ1v) is 11.5. The maximum Gasteiger partial charge on any atom is 0.339 e. The molecule has 0 radical (unpaired) electrons. The van der Waals surface area contributed by atoms with Gasteiger partial charge in [0.25, 0.3) is 5.91 Å². The van der Waals surface area contributed by atoms with Gasteiger partial charge in [-0.3, -0.25) is 9.59 Å². The first-order valence-electron chi connectivity index (χ1n) is 10.6. The summed E-state index contributed by atoms with van der Waals surface area (Å²) in [4.78, 5) is 37.8. The maximum absolute atomic E-state index is 12.6. The molecular weight excluding hydrogens is 452 g/mol. The highest BCUT2D eigenvalue weighted by Crippen LogP contribution is 2.26. The number of benzene rings is 3. The third kappa shape index (κ3) is 7.11. The predicted octanol–water partition coefficient (Wildman–Crippen LogP) is 4.84. The molecule has 0 atom stereocenters. The molecule has 3 aromatic carbocycles. The van der Waals surface area contributed by atoms with Crippen molar-refractivity contribution in [2.24, 2.45) is 0 Å². The molecule has 0 aliphatic carbocycles. The molecular formula is C26H26N2O5S. The van der Waals surface area contributed by atoms with E-state index in [2.05, 4.69) is 10.6 Å². The Morgan fingerprint density at radius 2 is 1.56 bits per heavy atom. The smallest absolute Gasteiger partial charge is 0.339 e. The third-order valence-corrected chi connectivity index (χ3v) is 5.84. The quantitative estimate of drug-likeness (QED) is 0.338. The van der Waals surface area contributed by atoms with Crippen molar-refractivity contribution in [3.8, 4) is 5.75 Å². The van der Waals surface area contributed by atoms with E-state index >= 15 is 0 Å². The second kappa shape index (κ2) is 11.9. The molecule has 0 unspecified atom stereocenters. The minimum absolute atomic E-state index is 0.117. The molecule has 0 heterocycles. The molecule has 0 aliphatic heterocycles. The monoisotopic (exact) mass is 478 g/mol. The van der Waals surface area contributed by atoms with Crippen LogP contribution < -0.4 is 15.4 Å². The number of thioether (sulfide) groups is 1. The number of amides is 2. The van der Waals surface area contributed by atoms with Gasteiger partial charge in [0.1, 0.15) is 5.75 Å². The van der Waals surface area contributed by atoms with Gasteiger partial charge in [-0.25, -0.2) is 4.79 Å². The van der Waals surface area contributed by atoms with Crippen LogP contribution in [0.5, 0.6) is 5.75 Å². The van der Waals surface area contributed by atoms with E-state index in [1.807, 2.05) is 44.2 Å². The van der Waals surface area contributed by atoms with E-state index < -0.39 is 18.5 Å². The topological polar surface area (TPSA) is 93.7 Å².